The molecule has 7 heterocycles. The first-order chi connectivity index (χ1) is 47.4. The van der Waals surface area contributed by atoms with Gasteiger partial charge in [-0.25, -0.2) is 13.2 Å². The van der Waals surface area contributed by atoms with Gasteiger partial charge in [0.2, 0.25) is 0 Å². The van der Waals surface area contributed by atoms with Crippen molar-refractivity contribution in [1.29, 1.82) is 0 Å². The van der Waals surface area contributed by atoms with Gasteiger partial charge in [-0.05, 0) is 150 Å². The second-order valence-electron chi connectivity index (χ2n) is 25.3. The van der Waals surface area contributed by atoms with Crippen LogP contribution in [0.25, 0.3) is 53.9 Å². The Morgan fingerprint density at radius 2 is 0.650 bits per heavy atom. The molecule has 0 radical (unpaired) electrons. The molecule has 0 atom stereocenters. The van der Waals surface area contributed by atoms with Gasteiger partial charge in [-0.1, -0.05) is 54.1 Å². The van der Waals surface area contributed by atoms with Gasteiger partial charge >= 0.3 is 0 Å². The zero-order chi connectivity index (χ0) is 73.0. The molecule has 0 bridgehead atoms. The fourth-order valence-electron chi connectivity index (χ4n) is 11.9. The summed E-state index contributed by atoms with van der Waals surface area (Å²) in [6, 6.07) is 23.8. The van der Waals surface area contributed by atoms with Crippen LogP contribution < -0.4 is 56.5 Å². The third-order valence-corrected chi connectivity index (χ3v) is 16.8. The van der Waals surface area contributed by atoms with Crippen molar-refractivity contribution < 1.29 is 37.1 Å². The summed E-state index contributed by atoms with van der Waals surface area (Å²) >= 11 is 0. The molecule has 0 aliphatic carbocycles. The highest BCUT2D eigenvalue weighted by Gasteiger charge is 2.25. The molecule has 5 aromatic carbocycles. The van der Waals surface area contributed by atoms with Crippen LogP contribution in [0.2, 0.25) is 0 Å². The highest BCUT2D eigenvalue weighted by molar-refractivity contribution is 6.15. The monoisotopic (exact) mass is 1370 g/mol. The standard InChI is InChI=1S/C15H16FN3O2.C15H17N3O2.C15H19N3O2.C14H16FN3O2.C13H14FN3O2/c16-9-3-4-10-11(7-9)15(21)18-14(17)13(10)12(20)8-19-5-1-2-6-19;16-14-13(12(19)9-18-7-3-4-8-18)10-5-1-2-6-11(10)15(20)17-14;1-9-4-5-10-11(8-9)15(20)17-14(16)13(10)12(19)6-7-18(2)3;1-18(2)6-5-11(19)12-9-4-3-8(15)7-10(9)14(20)17-13(12)16;1-17(2)6-10(18)11-8-4-3-7(14)5-9(8)13(19)16-12(11)15/h3-4,7H,1-2,5-6,8H2,(H3,17,18,21);1-2,5-6H,3-4,7-9H2,(H3,16,17,20);4-5,8H,6-7H2,1-3H3,(H3,16,17,20);3-4,7H,5-6H2,1-2H3,(H3,16,17,20);3-5H,6H2,1-2H3,(H3,15,16,19). The molecule has 5 aromatic heterocycles. The molecule has 0 amide bonds. The predicted octanol–water partition coefficient (Wildman–Crippen LogP) is 6.85. The third-order valence-electron chi connectivity index (χ3n) is 16.8. The molecule has 2 saturated heterocycles. The number of benzene rings is 5. The van der Waals surface area contributed by atoms with Crippen LogP contribution in [0.5, 0.6) is 0 Å². The van der Waals surface area contributed by atoms with Crippen molar-refractivity contribution in [2.45, 2.75) is 45.4 Å². The number of likely N-dealkylation sites (tertiary alicyclic amines) is 2. The van der Waals surface area contributed by atoms with Gasteiger partial charge in [-0.3, -0.25) is 57.7 Å². The lowest BCUT2D eigenvalue weighted by Gasteiger charge is -2.15. The number of ketones is 5. The zero-order valence-corrected chi connectivity index (χ0v) is 56.7. The Balaban J connectivity index is 0.000000159. The summed E-state index contributed by atoms with van der Waals surface area (Å²) in [7, 11) is 11.0. The maximum absolute atomic E-state index is 13.3. The lowest BCUT2D eigenvalue weighted by Crippen LogP contribution is -2.28. The van der Waals surface area contributed by atoms with Gasteiger partial charge in [0.1, 0.15) is 46.5 Å². The number of likely N-dealkylation sites (N-methyl/N-ethyl adjacent to an activating group) is 1. The molecule has 25 nitrogen and oxygen atoms in total. The van der Waals surface area contributed by atoms with Crippen LogP contribution in [0.1, 0.15) is 95.9 Å². The summed E-state index contributed by atoms with van der Waals surface area (Å²) in [5, 5.41) is 3.84. The maximum Gasteiger partial charge on any atom is 0.257 e. The Morgan fingerprint density at radius 3 is 0.980 bits per heavy atom. The van der Waals surface area contributed by atoms with Gasteiger partial charge in [0.25, 0.3) is 27.8 Å². The summed E-state index contributed by atoms with van der Waals surface area (Å²) in [5.74, 6) is -1.83. The van der Waals surface area contributed by atoms with Crippen LogP contribution >= 0.6 is 0 Å². The quantitative estimate of drug-likeness (QED) is 0.0417. The lowest BCUT2D eigenvalue weighted by molar-refractivity contribution is 0.0939. The first-order valence-corrected chi connectivity index (χ1v) is 32.1. The van der Waals surface area contributed by atoms with Crippen molar-refractivity contribution in [3.05, 3.63) is 200 Å². The van der Waals surface area contributed by atoms with Crippen molar-refractivity contribution in [3.8, 4) is 0 Å². The average molecular weight is 1370 g/mol. The van der Waals surface area contributed by atoms with Crippen molar-refractivity contribution in [1.82, 2.24) is 49.4 Å². The molecule has 100 heavy (non-hydrogen) atoms. The van der Waals surface area contributed by atoms with E-state index in [9.17, 15) is 61.1 Å². The minimum absolute atomic E-state index is 0.0101. The average Bonchev–Trinajstić information content (AvgIpc) is 1.25. The molecule has 0 saturated carbocycles. The lowest BCUT2D eigenvalue weighted by atomic mass is 10.00. The number of aryl methyl sites for hydroxylation is 1. The van der Waals surface area contributed by atoms with E-state index in [1.165, 1.54) is 36.4 Å². The number of aromatic nitrogens is 5. The van der Waals surface area contributed by atoms with Crippen molar-refractivity contribution in [3.63, 3.8) is 0 Å². The minimum atomic E-state index is -0.534. The molecule has 15 N–H and O–H groups in total. The number of hydrogen-bond donors (Lipinski definition) is 10. The number of H-pyrrole nitrogens is 5. The highest BCUT2D eigenvalue weighted by Crippen LogP contribution is 2.27. The van der Waals surface area contributed by atoms with Crippen LogP contribution in [0.4, 0.5) is 42.3 Å². The van der Waals surface area contributed by atoms with E-state index in [0.29, 0.717) is 74.9 Å². The Labute approximate surface area is 571 Å². The summed E-state index contributed by atoms with van der Waals surface area (Å²) in [4.78, 5) is 143. The van der Waals surface area contributed by atoms with E-state index in [1.54, 1.807) is 49.3 Å². The number of nitrogens with zero attached hydrogens (tertiary/aromatic N) is 5. The topological polar surface area (TPSA) is 396 Å². The predicted molar refractivity (Wildman–Crippen MR) is 387 cm³/mol. The zero-order valence-electron chi connectivity index (χ0n) is 56.7. The number of anilines is 5. The minimum Gasteiger partial charge on any atom is -0.385 e. The number of carbonyl (C=O) groups excluding carboxylic acids is 5. The van der Waals surface area contributed by atoms with E-state index in [-0.39, 0.29) is 121 Å². The van der Waals surface area contributed by atoms with Gasteiger partial charge < -0.3 is 68.3 Å². The van der Waals surface area contributed by atoms with Crippen LogP contribution in [0.15, 0.2) is 121 Å². The molecular weight excluding hydrogens is 1290 g/mol. The van der Waals surface area contributed by atoms with Gasteiger partial charge in [-0.2, -0.15) is 0 Å². The molecule has 2 aliphatic heterocycles. The summed E-state index contributed by atoms with van der Waals surface area (Å²) in [6.07, 6.45) is 5.08. The van der Waals surface area contributed by atoms with Crippen LogP contribution in [0, 0.1) is 24.4 Å². The van der Waals surface area contributed by atoms with E-state index in [4.69, 9.17) is 28.7 Å². The second-order valence-corrected chi connectivity index (χ2v) is 25.3. The Kier molecular flexibility index (Phi) is 24.8. The number of Topliss-reactive ketones (excluding diaryl/α,β-unsaturated/α-hetero) is 5. The fourth-order valence-corrected chi connectivity index (χ4v) is 11.9. The number of fused-ring (bicyclic) bond motifs is 5. The number of carbonyl (C=O) groups is 5. The van der Waals surface area contributed by atoms with Crippen molar-refractivity contribution >= 4 is 112 Å². The number of aromatic amines is 5. The number of rotatable bonds is 17. The van der Waals surface area contributed by atoms with Gasteiger partial charge in [0.15, 0.2) is 28.9 Å². The largest absolute Gasteiger partial charge is 0.385 e. The fraction of sp³-hybridized carbons (Fsp3) is 0.306. The van der Waals surface area contributed by atoms with Crippen molar-refractivity contribution in [2.24, 2.45) is 0 Å². The van der Waals surface area contributed by atoms with Crippen LogP contribution in [0.3, 0.4) is 0 Å². The van der Waals surface area contributed by atoms with Crippen LogP contribution in [-0.4, -0.2) is 180 Å². The summed E-state index contributed by atoms with van der Waals surface area (Å²) in [6.45, 7) is 7.59. The van der Waals surface area contributed by atoms with Gasteiger partial charge in [-0.15, -0.1) is 0 Å². The number of nitrogens with two attached hydrogens (primary N) is 5. The molecule has 526 valence electrons. The highest BCUT2D eigenvalue weighted by atomic mass is 19.1. The van der Waals surface area contributed by atoms with E-state index in [2.05, 4.69) is 34.7 Å². The van der Waals surface area contributed by atoms with Crippen molar-refractivity contribution in [2.75, 3.05) is 130 Å². The van der Waals surface area contributed by atoms with Gasteiger partial charge in [0.05, 0.1) is 63.6 Å². The van der Waals surface area contributed by atoms with E-state index in [0.717, 1.165) is 75.6 Å². The first kappa shape index (κ1) is 74.9. The first-order valence-electron chi connectivity index (χ1n) is 32.1. The molecule has 2 aliphatic rings. The van der Waals surface area contributed by atoms with E-state index >= 15 is 0 Å². The summed E-state index contributed by atoms with van der Waals surface area (Å²) in [5.41, 5.74) is 29.6. The molecule has 12 rings (SSSR count). The number of pyridine rings is 5. The molecule has 0 spiro atoms. The second kappa shape index (κ2) is 33.1. The molecule has 0 unspecified atom stereocenters. The molecular formula is C72H82F3N15O10. The number of hydrogen-bond acceptors (Lipinski definition) is 20. The molecule has 10 aromatic rings. The molecule has 2 fully saturated rings. The Hall–Kier alpha value is -10.9. The Morgan fingerprint density at radius 1 is 0.370 bits per heavy atom. The number of halogens is 3. The van der Waals surface area contributed by atoms with Crippen LogP contribution in [-0.2, 0) is 0 Å². The normalized spacial score (nSPS) is 13.1. The van der Waals surface area contributed by atoms with E-state index < -0.39 is 34.1 Å². The third kappa shape index (κ3) is 18.2. The number of nitrogen functional groups attached to an aromatic ring is 5. The van der Waals surface area contributed by atoms with Gasteiger partial charge in [0, 0.05) is 63.6 Å². The number of nitrogens with one attached hydrogen (secondary N) is 5. The Bertz CT molecular complexity index is 4960. The SMILES string of the molecule is CN(C)CC(=O)c1c(N)[nH]c(=O)c2cc(F)ccc12.CN(C)CCC(=O)c1c(N)[nH]c(=O)c2cc(F)ccc12.Cc1ccc2c(C(=O)CCN(C)C)c(N)[nH]c(=O)c2c1.Nc1[nH]c(=O)c2cc(F)ccc2c1C(=O)CN1CCCC1.Nc1[nH]c(=O)c2ccccc2c1C(=O)CN1CCCC1. The molecule has 28 heteroatoms. The maximum atomic E-state index is 13.3. The van der Waals surface area contributed by atoms with E-state index in [1.807, 2.05) is 57.0 Å². The summed E-state index contributed by atoms with van der Waals surface area (Å²) < 4.78 is 39.7. The smallest absolute Gasteiger partial charge is 0.257 e.